The highest BCUT2D eigenvalue weighted by Crippen LogP contribution is 2.34. The fourth-order valence-corrected chi connectivity index (χ4v) is 4.48. The third-order valence-electron chi connectivity index (χ3n) is 4.34. The van der Waals surface area contributed by atoms with Crippen LogP contribution in [-0.2, 0) is 28.7 Å². The lowest BCUT2D eigenvalue weighted by Gasteiger charge is -2.29. The van der Waals surface area contributed by atoms with Gasteiger partial charge in [0, 0.05) is 13.1 Å². The van der Waals surface area contributed by atoms with E-state index in [-0.39, 0.29) is 11.6 Å². The lowest BCUT2D eigenvalue weighted by molar-refractivity contribution is 0.348. The standard InChI is InChI=1S/C18H20FNO4S/c1-23-17-9-14-7-8-20(11-15(14)10-18(17)24-2)25(21,22)12-13-3-5-16(19)6-4-13/h3-6,9-10H,7-8,11-12H2,1-2H3. The molecule has 0 radical (unpaired) electrons. The zero-order chi connectivity index (χ0) is 18.0. The highest BCUT2D eigenvalue weighted by atomic mass is 32.2. The van der Waals surface area contributed by atoms with Crippen LogP contribution >= 0.6 is 0 Å². The summed E-state index contributed by atoms with van der Waals surface area (Å²) in [5.41, 5.74) is 2.54. The number of methoxy groups -OCH3 is 2. The van der Waals surface area contributed by atoms with Crippen LogP contribution in [0.5, 0.6) is 11.5 Å². The topological polar surface area (TPSA) is 55.8 Å². The van der Waals surface area contributed by atoms with E-state index in [0.717, 1.165) is 11.1 Å². The number of hydrogen-bond acceptors (Lipinski definition) is 4. The predicted octanol–water partition coefficient (Wildman–Crippen LogP) is 2.73. The molecule has 0 aliphatic carbocycles. The van der Waals surface area contributed by atoms with Crippen molar-refractivity contribution in [3.05, 3.63) is 58.9 Å². The van der Waals surface area contributed by atoms with Crippen LogP contribution in [0, 0.1) is 5.82 Å². The molecule has 3 rings (SSSR count). The maximum atomic E-state index is 13.0. The molecule has 0 amide bonds. The summed E-state index contributed by atoms with van der Waals surface area (Å²) < 4.78 is 50.5. The smallest absolute Gasteiger partial charge is 0.218 e. The molecule has 25 heavy (non-hydrogen) atoms. The van der Waals surface area contributed by atoms with Crippen LogP contribution in [0.25, 0.3) is 0 Å². The molecule has 2 aromatic carbocycles. The summed E-state index contributed by atoms with van der Waals surface area (Å²) in [5.74, 6) is 0.701. The number of ether oxygens (including phenoxy) is 2. The van der Waals surface area contributed by atoms with Gasteiger partial charge in [0.25, 0.3) is 0 Å². The molecule has 1 aliphatic rings. The Hall–Kier alpha value is -2.12. The van der Waals surface area contributed by atoms with Crippen molar-refractivity contribution in [1.82, 2.24) is 4.31 Å². The van der Waals surface area contributed by atoms with Gasteiger partial charge in [-0.15, -0.1) is 0 Å². The number of sulfonamides is 1. The molecule has 134 valence electrons. The second-order valence-electron chi connectivity index (χ2n) is 5.94. The van der Waals surface area contributed by atoms with E-state index in [2.05, 4.69) is 0 Å². The molecule has 0 saturated carbocycles. The molecular formula is C18H20FNO4S. The highest BCUT2D eigenvalue weighted by molar-refractivity contribution is 7.88. The van der Waals surface area contributed by atoms with Gasteiger partial charge in [-0.1, -0.05) is 12.1 Å². The van der Waals surface area contributed by atoms with E-state index in [0.29, 0.717) is 36.6 Å². The second-order valence-corrected chi connectivity index (χ2v) is 7.91. The third-order valence-corrected chi connectivity index (χ3v) is 6.14. The average molecular weight is 365 g/mol. The summed E-state index contributed by atoms with van der Waals surface area (Å²) in [4.78, 5) is 0. The molecular weight excluding hydrogens is 345 g/mol. The Morgan fingerprint density at radius 2 is 1.64 bits per heavy atom. The monoisotopic (exact) mass is 365 g/mol. The van der Waals surface area contributed by atoms with Crippen LogP contribution in [0.4, 0.5) is 4.39 Å². The number of fused-ring (bicyclic) bond motifs is 1. The zero-order valence-corrected chi connectivity index (χ0v) is 15.0. The van der Waals surface area contributed by atoms with E-state index >= 15 is 0 Å². The highest BCUT2D eigenvalue weighted by Gasteiger charge is 2.28. The lowest BCUT2D eigenvalue weighted by Crippen LogP contribution is -2.36. The Labute approximate surface area is 147 Å². The van der Waals surface area contributed by atoms with E-state index in [9.17, 15) is 12.8 Å². The van der Waals surface area contributed by atoms with Gasteiger partial charge in [-0.3, -0.25) is 0 Å². The Bertz CT molecular complexity index is 865. The fraction of sp³-hybridized carbons (Fsp3) is 0.333. The van der Waals surface area contributed by atoms with E-state index < -0.39 is 10.0 Å². The molecule has 7 heteroatoms. The summed E-state index contributed by atoms with van der Waals surface area (Å²) in [6.45, 7) is 0.700. The Morgan fingerprint density at radius 1 is 1.04 bits per heavy atom. The number of nitrogens with zero attached hydrogens (tertiary/aromatic N) is 1. The molecule has 2 aromatic rings. The predicted molar refractivity (Wildman–Crippen MR) is 92.7 cm³/mol. The van der Waals surface area contributed by atoms with Gasteiger partial charge in [-0.25, -0.2) is 12.8 Å². The molecule has 0 fully saturated rings. The minimum atomic E-state index is -3.49. The Balaban J connectivity index is 1.82. The van der Waals surface area contributed by atoms with Gasteiger partial charge >= 0.3 is 0 Å². The van der Waals surface area contributed by atoms with Crippen LogP contribution in [0.3, 0.4) is 0 Å². The Morgan fingerprint density at radius 3 is 2.24 bits per heavy atom. The first-order chi connectivity index (χ1) is 11.9. The molecule has 0 bridgehead atoms. The van der Waals surface area contributed by atoms with Gasteiger partial charge in [-0.05, 0) is 47.4 Å². The Kier molecular flexibility index (Phi) is 4.96. The van der Waals surface area contributed by atoms with Gasteiger partial charge in [0.15, 0.2) is 11.5 Å². The average Bonchev–Trinajstić information content (AvgIpc) is 2.61. The van der Waals surface area contributed by atoms with E-state index in [4.69, 9.17) is 9.47 Å². The fourth-order valence-electron chi connectivity index (χ4n) is 2.98. The van der Waals surface area contributed by atoms with Crippen LogP contribution in [0.2, 0.25) is 0 Å². The molecule has 0 unspecified atom stereocenters. The number of rotatable bonds is 5. The third kappa shape index (κ3) is 3.77. The van der Waals surface area contributed by atoms with Crippen molar-refractivity contribution in [2.24, 2.45) is 0 Å². The first-order valence-electron chi connectivity index (χ1n) is 7.89. The number of halogens is 1. The van der Waals surface area contributed by atoms with Crippen LogP contribution in [-0.4, -0.2) is 33.5 Å². The maximum absolute atomic E-state index is 13.0. The van der Waals surface area contributed by atoms with Crippen LogP contribution in [0.15, 0.2) is 36.4 Å². The van der Waals surface area contributed by atoms with Crippen molar-refractivity contribution in [2.45, 2.75) is 18.7 Å². The van der Waals surface area contributed by atoms with Crippen molar-refractivity contribution >= 4 is 10.0 Å². The molecule has 0 spiro atoms. The van der Waals surface area contributed by atoms with Crippen molar-refractivity contribution < 1.29 is 22.3 Å². The molecule has 0 aromatic heterocycles. The number of benzene rings is 2. The van der Waals surface area contributed by atoms with Crippen molar-refractivity contribution in [1.29, 1.82) is 0 Å². The summed E-state index contributed by atoms with van der Waals surface area (Å²) in [6, 6.07) is 9.27. The molecule has 0 atom stereocenters. The zero-order valence-electron chi connectivity index (χ0n) is 14.2. The summed E-state index contributed by atoms with van der Waals surface area (Å²) >= 11 is 0. The SMILES string of the molecule is COc1cc2c(cc1OC)CN(S(=O)(=O)Cc1ccc(F)cc1)CC2. The molecule has 1 heterocycles. The van der Waals surface area contributed by atoms with E-state index in [1.807, 2.05) is 12.1 Å². The summed E-state index contributed by atoms with van der Waals surface area (Å²) in [7, 11) is -0.361. The molecule has 1 aliphatic heterocycles. The van der Waals surface area contributed by atoms with Gasteiger partial charge in [-0.2, -0.15) is 4.31 Å². The second kappa shape index (κ2) is 7.01. The minimum absolute atomic E-state index is 0.143. The van der Waals surface area contributed by atoms with Crippen LogP contribution < -0.4 is 9.47 Å². The number of hydrogen-bond donors (Lipinski definition) is 0. The van der Waals surface area contributed by atoms with Gasteiger partial charge in [0.2, 0.25) is 10.0 Å². The van der Waals surface area contributed by atoms with Crippen molar-refractivity contribution in [2.75, 3.05) is 20.8 Å². The maximum Gasteiger partial charge on any atom is 0.218 e. The molecule has 5 nitrogen and oxygen atoms in total. The summed E-state index contributed by atoms with van der Waals surface area (Å²) in [6.07, 6.45) is 0.609. The quantitative estimate of drug-likeness (QED) is 0.818. The lowest BCUT2D eigenvalue weighted by atomic mass is 10.0. The molecule has 0 saturated heterocycles. The first-order valence-corrected chi connectivity index (χ1v) is 9.50. The largest absolute Gasteiger partial charge is 0.493 e. The first kappa shape index (κ1) is 17.7. The van der Waals surface area contributed by atoms with Gasteiger partial charge < -0.3 is 9.47 Å². The van der Waals surface area contributed by atoms with Crippen LogP contribution in [0.1, 0.15) is 16.7 Å². The normalized spacial score (nSPS) is 14.8. The minimum Gasteiger partial charge on any atom is -0.493 e. The van der Waals surface area contributed by atoms with Crippen molar-refractivity contribution in [3.8, 4) is 11.5 Å². The van der Waals surface area contributed by atoms with Gasteiger partial charge in [0.05, 0.1) is 20.0 Å². The summed E-state index contributed by atoms with van der Waals surface area (Å²) in [5, 5.41) is 0. The van der Waals surface area contributed by atoms with Crippen molar-refractivity contribution in [3.63, 3.8) is 0 Å². The van der Waals surface area contributed by atoms with E-state index in [1.165, 1.54) is 28.6 Å². The van der Waals surface area contributed by atoms with E-state index in [1.54, 1.807) is 14.2 Å². The van der Waals surface area contributed by atoms with Gasteiger partial charge in [0.1, 0.15) is 5.82 Å². The molecule has 0 N–H and O–H groups in total.